The highest BCUT2D eigenvalue weighted by molar-refractivity contribution is 5.79. The van der Waals surface area contributed by atoms with Crippen LogP contribution in [0.4, 0.5) is 0 Å². The largest absolute Gasteiger partial charge is 0.387 e. The van der Waals surface area contributed by atoms with E-state index in [1.165, 1.54) is 18.9 Å². The molecular weight excluding hydrogens is 184 g/mol. The van der Waals surface area contributed by atoms with Gasteiger partial charge >= 0.3 is 0 Å². The van der Waals surface area contributed by atoms with E-state index in [4.69, 9.17) is 0 Å². The topological polar surface area (TPSA) is 69.6 Å². The lowest BCUT2D eigenvalue weighted by atomic mass is 10.2. The molecule has 5 nitrogen and oxygen atoms in total. The first-order valence-electron chi connectivity index (χ1n) is 4.44. The Morgan fingerprint density at radius 2 is 2.14 bits per heavy atom. The van der Waals surface area contributed by atoms with Crippen LogP contribution in [-0.2, 0) is 9.59 Å². The summed E-state index contributed by atoms with van der Waals surface area (Å²) in [6.07, 6.45) is 3.25. The highest BCUT2D eigenvalue weighted by Crippen LogP contribution is 2.16. The quantitative estimate of drug-likeness (QED) is 0.444. The van der Waals surface area contributed by atoms with Gasteiger partial charge in [0.25, 0.3) is 0 Å². The number of nitrogens with one attached hydrogen (secondary N) is 1. The van der Waals surface area contributed by atoms with Gasteiger partial charge in [0.15, 0.2) is 0 Å². The van der Waals surface area contributed by atoms with Crippen molar-refractivity contribution in [3.05, 3.63) is 12.2 Å². The molecule has 0 aromatic heterocycles. The smallest absolute Gasteiger partial charge is 0.238 e. The molecule has 2 N–H and O–H groups in total. The summed E-state index contributed by atoms with van der Waals surface area (Å²) in [5.41, 5.74) is 2.40. The lowest BCUT2D eigenvalue weighted by Crippen LogP contribution is -2.53. The van der Waals surface area contributed by atoms with Gasteiger partial charge in [0.1, 0.15) is 0 Å². The lowest BCUT2D eigenvalue weighted by molar-refractivity contribution is -0.143. The van der Waals surface area contributed by atoms with Gasteiger partial charge in [0, 0.05) is 13.8 Å². The van der Waals surface area contributed by atoms with E-state index < -0.39 is 6.10 Å². The third-order valence-corrected chi connectivity index (χ3v) is 2.05. The number of rotatable bonds is 1. The molecule has 0 bridgehead atoms. The van der Waals surface area contributed by atoms with E-state index >= 15 is 0 Å². The minimum atomic E-state index is -0.703. The van der Waals surface area contributed by atoms with Crippen molar-refractivity contribution in [1.82, 2.24) is 10.4 Å². The zero-order chi connectivity index (χ0) is 10.7. The average Bonchev–Trinajstić information content (AvgIpc) is 2.46. The fourth-order valence-corrected chi connectivity index (χ4v) is 1.45. The third-order valence-electron chi connectivity index (χ3n) is 2.05. The first-order valence-corrected chi connectivity index (χ1v) is 4.44. The van der Waals surface area contributed by atoms with Crippen LogP contribution in [0.3, 0.4) is 0 Å². The van der Waals surface area contributed by atoms with E-state index in [9.17, 15) is 14.7 Å². The molecule has 0 saturated heterocycles. The van der Waals surface area contributed by atoms with Crippen LogP contribution in [0, 0.1) is 0 Å². The first-order chi connectivity index (χ1) is 6.52. The second-order valence-electron chi connectivity index (χ2n) is 3.28. The second kappa shape index (κ2) is 4.23. The predicted octanol–water partition coefficient (Wildman–Crippen LogP) is -0.425. The van der Waals surface area contributed by atoms with Crippen LogP contribution in [0.5, 0.6) is 0 Å². The summed E-state index contributed by atoms with van der Waals surface area (Å²) in [4.78, 5) is 22.0. The van der Waals surface area contributed by atoms with Crippen molar-refractivity contribution in [1.29, 1.82) is 0 Å². The van der Waals surface area contributed by atoms with Crippen molar-refractivity contribution in [2.24, 2.45) is 0 Å². The number of hydrogen-bond donors (Lipinski definition) is 2. The maximum atomic E-state index is 11.2. The molecule has 2 atom stereocenters. The minimum absolute atomic E-state index is 0.284. The van der Waals surface area contributed by atoms with Crippen LogP contribution in [0.2, 0.25) is 0 Å². The molecule has 0 aliphatic heterocycles. The van der Waals surface area contributed by atoms with Gasteiger partial charge in [-0.05, 0) is 6.42 Å². The summed E-state index contributed by atoms with van der Waals surface area (Å²) < 4.78 is 0. The maximum absolute atomic E-state index is 11.2. The van der Waals surface area contributed by atoms with Gasteiger partial charge in [-0.2, -0.15) is 0 Å². The number of nitrogens with zero attached hydrogens (tertiary/aromatic N) is 1. The molecule has 0 aromatic rings. The predicted molar refractivity (Wildman–Crippen MR) is 49.9 cm³/mol. The number of aliphatic hydroxyl groups is 1. The van der Waals surface area contributed by atoms with Crippen molar-refractivity contribution >= 4 is 11.8 Å². The molecule has 0 radical (unpaired) electrons. The molecule has 1 aliphatic rings. The number of aliphatic hydroxyl groups excluding tert-OH is 1. The number of carbonyl (C=O) groups is 2. The highest BCUT2D eigenvalue weighted by atomic mass is 16.3. The summed E-state index contributed by atoms with van der Waals surface area (Å²) in [7, 11) is 0. The molecule has 1 aliphatic carbocycles. The molecule has 1 rings (SSSR count). The number of carbonyl (C=O) groups excluding carboxylic acids is 2. The van der Waals surface area contributed by atoms with E-state index in [1.807, 2.05) is 0 Å². The molecule has 2 amide bonds. The van der Waals surface area contributed by atoms with Crippen molar-refractivity contribution in [2.45, 2.75) is 32.4 Å². The zero-order valence-electron chi connectivity index (χ0n) is 8.23. The Bertz CT molecular complexity index is 275. The van der Waals surface area contributed by atoms with Crippen LogP contribution < -0.4 is 5.43 Å². The Hall–Kier alpha value is -1.36. The van der Waals surface area contributed by atoms with Gasteiger partial charge in [-0.15, -0.1) is 0 Å². The molecule has 0 aromatic carbocycles. The Morgan fingerprint density at radius 3 is 2.50 bits per heavy atom. The van der Waals surface area contributed by atoms with Crippen molar-refractivity contribution in [3.63, 3.8) is 0 Å². The fraction of sp³-hybridized carbons (Fsp3) is 0.556. The molecule has 0 saturated carbocycles. The Labute approximate surface area is 82.4 Å². The fourth-order valence-electron chi connectivity index (χ4n) is 1.45. The van der Waals surface area contributed by atoms with E-state index in [2.05, 4.69) is 5.43 Å². The van der Waals surface area contributed by atoms with Crippen molar-refractivity contribution < 1.29 is 14.7 Å². The Balaban J connectivity index is 2.68. The second-order valence-corrected chi connectivity index (χ2v) is 3.28. The lowest BCUT2D eigenvalue weighted by Gasteiger charge is -2.29. The molecule has 14 heavy (non-hydrogen) atoms. The van der Waals surface area contributed by atoms with Gasteiger partial charge in [-0.25, -0.2) is 5.01 Å². The number of amides is 2. The third kappa shape index (κ3) is 2.32. The molecule has 0 heterocycles. The van der Waals surface area contributed by atoms with Gasteiger partial charge in [-0.1, -0.05) is 12.2 Å². The normalized spacial score (nSPS) is 24.8. The molecular formula is C9H14N2O3. The van der Waals surface area contributed by atoms with Gasteiger partial charge < -0.3 is 5.11 Å². The number of hydrogen-bond acceptors (Lipinski definition) is 3. The van der Waals surface area contributed by atoms with Crippen LogP contribution in [-0.4, -0.2) is 34.1 Å². The molecule has 1 unspecified atom stereocenters. The van der Waals surface area contributed by atoms with E-state index in [0.29, 0.717) is 6.42 Å². The Morgan fingerprint density at radius 1 is 1.50 bits per heavy atom. The molecule has 0 fully saturated rings. The first kappa shape index (κ1) is 10.7. The molecule has 0 spiro atoms. The zero-order valence-corrected chi connectivity index (χ0v) is 8.23. The minimum Gasteiger partial charge on any atom is -0.387 e. The average molecular weight is 198 g/mol. The van der Waals surface area contributed by atoms with Gasteiger partial charge in [-0.3, -0.25) is 15.0 Å². The molecule has 78 valence electrons. The van der Waals surface area contributed by atoms with Crippen LogP contribution in [0.15, 0.2) is 12.2 Å². The van der Waals surface area contributed by atoms with E-state index in [1.54, 1.807) is 12.2 Å². The summed E-state index contributed by atoms with van der Waals surface area (Å²) in [6.45, 7) is 2.67. The summed E-state index contributed by atoms with van der Waals surface area (Å²) in [5.74, 6) is -0.604. The summed E-state index contributed by atoms with van der Waals surface area (Å²) in [6, 6.07) is -0.378. The van der Waals surface area contributed by atoms with Crippen LogP contribution in [0.1, 0.15) is 20.3 Å². The monoisotopic (exact) mass is 198 g/mol. The van der Waals surface area contributed by atoms with E-state index in [0.717, 1.165) is 0 Å². The molecule has 5 heteroatoms. The standard InChI is InChI=1S/C9H14N2O3/c1-6(12)10-11(7(2)13)8-4-3-5-9(8)14/h3,5,8-9,14H,4H2,1-2H3,(H,10,12)/t8?,9-/m0/s1. The number of hydrazine groups is 1. The summed E-state index contributed by atoms with van der Waals surface area (Å²) in [5, 5.41) is 10.7. The van der Waals surface area contributed by atoms with Crippen molar-refractivity contribution in [2.75, 3.05) is 0 Å². The maximum Gasteiger partial charge on any atom is 0.238 e. The van der Waals surface area contributed by atoms with Gasteiger partial charge in [0.05, 0.1) is 12.1 Å². The SMILES string of the molecule is CC(=O)NN(C(C)=O)C1CC=C[C@@H]1O. The van der Waals surface area contributed by atoms with Gasteiger partial charge in [0.2, 0.25) is 11.8 Å². The Kier molecular flexibility index (Phi) is 3.24. The highest BCUT2D eigenvalue weighted by Gasteiger charge is 2.29. The van der Waals surface area contributed by atoms with Crippen LogP contribution >= 0.6 is 0 Å². The van der Waals surface area contributed by atoms with Crippen molar-refractivity contribution in [3.8, 4) is 0 Å². The summed E-state index contributed by atoms with van der Waals surface area (Å²) >= 11 is 0. The van der Waals surface area contributed by atoms with E-state index in [-0.39, 0.29) is 17.9 Å². The van der Waals surface area contributed by atoms with Crippen LogP contribution in [0.25, 0.3) is 0 Å².